The second kappa shape index (κ2) is 4.50. The Morgan fingerprint density at radius 3 is 2.69 bits per heavy atom. The summed E-state index contributed by atoms with van der Waals surface area (Å²) in [5.74, 6) is 3.02. The molecular formula is C14H21NS. The molecule has 3 atom stereocenters. The van der Waals surface area contributed by atoms with Crippen molar-refractivity contribution in [1.29, 1.82) is 0 Å². The molecule has 88 valence electrons. The topological polar surface area (TPSA) is 12.0 Å². The van der Waals surface area contributed by atoms with Gasteiger partial charge < -0.3 is 5.32 Å². The molecule has 0 aliphatic heterocycles. The average molecular weight is 235 g/mol. The molecule has 0 radical (unpaired) electrons. The number of fused-ring (bicyclic) bond motifs is 1. The molecule has 1 N–H and O–H groups in total. The van der Waals surface area contributed by atoms with E-state index in [2.05, 4.69) is 29.1 Å². The molecule has 3 unspecified atom stereocenters. The lowest BCUT2D eigenvalue weighted by molar-refractivity contribution is 0.458. The van der Waals surface area contributed by atoms with Crippen molar-refractivity contribution in [2.75, 3.05) is 6.54 Å². The zero-order valence-electron chi connectivity index (χ0n) is 9.99. The van der Waals surface area contributed by atoms with Crippen LogP contribution in [0.3, 0.4) is 0 Å². The fourth-order valence-electron chi connectivity index (χ4n) is 3.69. The Balaban J connectivity index is 1.74. The summed E-state index contributed by atoms with van der Waals surface area (Å²) in [5.41, 5.74) is 1.53. The Bertz CT molecular complexity index is 321. The lowest BCUT2D eigenvalue weighted by atomic mass is 10.0. The van der Waals surface area contributed by atoms with Crippen LogP contribution < -0.4 is 5.32 Å². The molecule has 1 heterocycles. The molecule has 1 aromatic rings. The third-order valence-corrected chi connectivity index (χ3v) is 5.14. The average Bonchev–Trinajstić information content (AvgIpc) is 2.78. The van der Waals surface area contributed by atoms with Crippen LogP contribution in [0, 0.1) is 17.8 Å². The van der Waals surface area contributed by atoms with Gasteiger partial charge in [0.25, 0.3) is 0 Å². The first-order valence-electron chi connectivity index (χ1n) is 6.67. The summed E-state index contributed by atoms with van der Waals surface area (Å²) in [5, 5.41) is 8.26. The van der Waals surface area contributed by atoms with E-state index in [-0.39, 0.29) is 0 Å². The minimum absolute atomic E-state index is 0.643. The van der Waals surface area contributed by atoms with Crippen LogP contribution in [0.1, 0.15) is 44.2 Å². The van der Waals surface area contributed by atoms with Gasteiger partial charge in [-0.05, 0) is 59.5 Å². The second-order valence-corrected chi connectivity index (χ2v) is 6.06. The summed E-state index contributed by atoms with van der Waals surface area (Å²) in [4.78, 5) is 0. The maximum atomic E-state index is 3.71. The third-order valence-electron chi connectivity index (χ3n) is 4.43. The molecule has 2 fully saturated rings. The second-order valence-electron chi connectivity index (χ2n) is 5.28. The van der Waals surface area contributed by atoms with Gasteiger partial charge in [-0.2, -0.15) is 11.3 Å². The Hall–Kier alpha value is -0.340. The Labute approximate surface area is 102 Å². The van der Waals surface area contributed by atoms with Gasteiger partial charge in [0.2, 0.25) is 0 Å². The molecule has 2 aliphatic carbocycles. The van der Waals surface area contributed by atoms with Crippen LogP contribution in [-0.2, 0) is 0 Å². The zero-order chi connectivity index (χ0) is 11.0. The number of hydrogen-bond donors (Lipinski definition) is 1. The summed E-state index contributed by atoms with van der Waals surface area (Å²) in [7, 11) is 0. The van der Waals surface area contributed by atoms with Gasteiger partial charge in [0, 0.05) is 6.04 Å². The molecule has 0 spiro atoms. The zero-order valence-corrected chi connectivity index (χ0v) is 10.8. The van der Waals surface area contributed by atoms with E-state index in [1.54, 1.807) is 0 Å². The predicted octanol–water partition coefficient (Wildman–Crippen LogP) is 3.83. The molecule has 3 rings (SSSR count). The quantitative estimate of drug-likeness (QED) is 0.836. The number of nitrogens with one attached hydrogen (secondary N) is 1. The van der Waals surface area contributed by atoms with Crippen molar-refractivity contribution in [3.8, 4) is 0 Å². The maximum Gasteiger partial charge on any atom is 0.0362 e. The van der Waals surface area contributed by atoms with E-state index < -0.39 is 0 Å². The number of thiophene rings is 1. The van der Waals surface area contributed by atoms with Crippen LogP contribution in [0.4, 0.5) is 0 Å². The van der Waals surface area contributed by atoms with Gasteiger partial charge in [0.15, 0.2) is 0 Å². The first-order chi connectivity index (χ1) is 7.92. The smallest absolute Gasteiger partial charge is 0.0362 e. The van der Waals surface area contributed by atoms with Crippen molar-refractivity contribution in [2.45, 2.75) is 38.6 Å². The molecule has 2 aliphatic rings. The van der Waals surface area contributed by atoms with Crippen LogP contribution >= 0.6 is 11.3 Å². The Kier molecular flexibility index (Phi) is 3.03. The van der Waals surface area contributed by atoms with Crippen molar-refractivity contribution in [1.82, 2.24) is 5.32 Å². The number of rotatable bonds is 4. The summed E-state index contributed by atoms with van der Waals surface area (Å²) < 4.78 is 0. The summed E-state index contributed by atoms with van der Waals surface area (Å²) in [6.07, 6.45) is 5.92. The normalized spacial score (nSPS) is 34.4. The lowest BCUT2D eigenvalue weighted by Gasteiger charge is -2.17. The summed E-state index contributed by atoms with van der Waals surface area (Å²) >= 11 is 1.83. The van der Waals surface area contributed by atoms with Crippen molar-refractivity contribution >= 4 is 11.3 Å². The van der Waals surface area contributed by atoms with E-state index in [1.807, 2.05) is 11.3 Å². The molecule has 2 heteroatoms. The highest BCUT2D eigenvalue weighted by Crippen LogP contribution is 2.60. The molecule has 0 saturated heterocycles. The minimum Gasteiger partial charge on any atom is -0.310 e. The van der Waals surface area contributed by atoms with Gasteiger partial charge >= 0.3 is 0 Å². The van der Waals surface area contributed by atoms with Crippen molar-refractivity contribution in [3.63, 3.8) is 0 Å². The van der Waals surface area contributed by atoms with Crippen LogP contribution in [0.25, 0.3) is 0 Å². The molecule has 0 aromatic carbocycles. The van der Waals surface area contributed by atoms with Crippen molar-refractivity contribution < 1.29 is 0 Å². The van der Waals surface area contributed by atoms with Crippen LogP contribution in [0.5, 0.6) is 0 Å². The molecule has 2 saturated carbocycles. The SMILES string of the molecule is CCNC(c1ccsc1)C1C2CCCCC21. The highest BCUT2D eigenvalue weighted by atomic mass is 32.1. The fourth-order valence-corrected chi connectivity index (χ4v) is 4.39. The molecule has 1 aromatic heterocycles. The van der Waals surface area contributed by atoms with Crippen LogP contribution in [0.2, 0.25) is 0 Å². The monoisotopic (exact) mass is 235 g/mol. The minimum atomic E-state index is 0.643. The van der Waals surface area contributed by atoms with Gasteiger partial charge in [-0.1, -0.05) is 19.8 Å². The van der Waals surface area contributed by atoms with Gasteiger partial charge in [-0.3, -0.25) is 0 Å². The van der Waals surface area contributed by atoms with Gasteiger partial charge in [0.05, 0.1) is 0 Å². The van der Waals surface area contributed by atoms with Gasteiger partial charge in [0.1, 0.15) is 0 Å². The molecule has 16 heavy (non-hydrogen) atoms. The van der Waals surface area contributed by atoms with Crippen LogP contribution in [-0.4, -0.2) is 6.54 Å². The first-order valence-corrected chi connectivity index (χ1v) is 7.61. The van der Waals surface area contributed by atoms with Crippen molar-refractivity contribution in [3.05, 3.63) is 22.4 Å². The Morgan fingerprint density at radius 1 is 1.38 bits per heavy atom. The molecule has 0 amide bonds. The van der Waals surface area contributed by atoms with E-state index in [0.717, 1.165) is 24.3 Å². The van der Waals surface area contributed by atoms with E-state index in [4.69, 9.17) is 0 Å². The Morgan fingerprint density at radius 2 is 2.12 bits per heavy atom. The lowest BCUT2D eigenvalue weighted by Crippen LogP contribution is -2.23. The molecule has 1 nitrogen and oxygen atoms in total. The summed E-state index contributed by atoms with van der Waals surface area (Å²) in [6.45, 7) is 3.32. The fraction of sp³-hybridized carbons (Fsp3) is 0.714. The van der Waals surface area contributed by atoms with E-state index in [0.29, 0.717) is 6.04 Å². The third kappa shape index (κ3) is 1.82. The highest BCUT2D eigenvalue weighted by Gasteiger charge is 2.54. The van der Waals surface area contributed by atoms with Crippen LogP contribution in [0.15, 0.2) is 16.8 Å². The van der Waals surface area contributed by atoms with E-state index >= 15 is 0 Å². The van der Waals surface area contributed by atoms with Crippen molar-refractivity contribution in [2.24, 2.45) is 17.8 Å². The standard InChI is InChI=1S/C14H21NS/c1-2-15-14(10-7-8-16-9-10)13-11-5-3-4-6-12(11)13/h7-9,11-15H,2-6H2,1H3. The van der Waals surface area contributed by atoms with Gasteiger partial charge in [-0.15, -0.1) is 0 Å². The van der Waals surface area contributed by atoms with E-state index in [1.165, 1.54) is 31.2 Å². The van der Waals surface area contributed by atoms with E-state index in [9.17, 15) is 0 Å². The maximum absolute atomic E-state index is 3.71. The summed E-state index contributed by atoms with van der Waals surface area (Å²) in [6, 6.07) is 2.95. The predicted molar refractivity (Wildman–Crippen MR) is 69.7 cm³/mol. The first kappa shape index (κ1) is 10.8. The van der Waals surface area contributed by atoms with Gasteiger partial charge in [-0.25, -0.2) is 0 Å². The molecular weight excluding hydrogens is 214 g/mol. The number of hydrogen-bond acceptors (Lipinski definition) is 2. The molecule has 0 bridgehead atoms. The highest BCUT2D eigenvalue weighted by molar-refractivity contribution is 7.07. The largest absolute Gasteiger partial charge is 0.310 e.